The largest absolute Gasteiger partial charge is 0.494 e. The standard InChI is InChI=1S/C24H26ClN3O3/c1-2-3-16-30-21-10-6-19(7-11-21)24(29)28-14-12-18(13-15-28)23-26-22(27-31-23)17-4-8-20(25)9-5-17/h4-11,18H,2-3,12-16H2,1H3. The van der Waals surface area contributed by atoms with E-state index in [9.17, 15) is 4.79 Å². The first-order valence-electron chi connectivity index (χ1n) is 10.8. The second-order valence-corrected chi connectivity index (χ2v) is 8.19. The van der Waals surface area contributed by atoms with Crippen LogP contribution in [0.25, 0.3) is 11.4 Å². The molecule has 0 radical (unpaired) electrons. The number of carbonyl (C=O) groups excluding carboxylic acids is 1. The fourth-order valence-corrected chi connectivity index (χ4v) is 3.78. The van der Waals surface area contributed by atoms with Crippen molar-refractivity contribution in [1.82, 2.24) is 15.0 Å². The van der Waals surface area contributed by atoms with E-state index in [0.29, 0.717) is 42.0 Å². The van der Waals surface area contributed by atoms with Crippen LogP contribution in [-0.2, 0) is 0 Å². The van der Waals surface area contributed by atoms with Crippen LogP contribution in [0.1, 0.15) is 54.8 Å². The molecule has 31 heavy (non-hydrogen) atoms. The highest BCUT2D eigenvalue weighted by molar-refractivity contribution is 6.30. The molecule has 1 fully saturated rings. The van der Waals surface area contributed by atoms with E-state index in [4.69, 9.17) is 20.9 Å². The predicted molar refractivity (Wildman–Crippen MR) is 119 cm³/mol. The average molecular weight is 440 g/mol. The van der Waals surface area contributed by atoms with Crippen LogP contribution in [0.2, 0.25) is 5.02 Å². The lowest BCUT2D eigenvalue weighted by Gasteiger charge is -2.30. The van der Waals surface area contributed by atoms with Gasteiger partial charge in [0.2, 0.25) is 11.7 Å². The molecule has 162 valence electrons. The molecule has 0 N–H and O–H groups in total. The number of hydrogen-bond acceptors (Lipinski definition) is 5. The van der Waals surface area contributed by atoms with Gasteiger partial charge in [-0.3, -0.25) is 4.79 Å². The maximum Gasteiger partial charge on any atom is 0.253 e. The number of carbonyl (C=O) groups is 1. The van der Waals surface area contributed by atoms with Gasteiger partial charge in [-0.1, -0.05) is 30.1 Å². The summed E-state index contributed by atoms with van der Waals surface area (Å²) in [6.07, 6.45) is 3.72. The van der Waals surface area contributed by atoms with Crippen LogP contribution < -0.4 is 4.74 Å². The molecule has 0 spiro atoms. The number of hydrogen-bond donors (Lipinski definition) is 0. The van der Waals surface area contributed by atoms with Gasteiger partial charge in [0.15, 0.2) is 0 Å². The number of amides is 1. The van der Waals surface area contributed by atoms with Gasteiger partial charge in [0.05, 0.1) is 6.61 Å². The molecule has 0 unspecified atom stereocenters. The molecular weight excluding hydrogens is 414 g/mol. The molecule has 1 aromatic heterocycles. The fraction of sp³-hybridized carbons (Fsp3) is 0.375. The molecule has 2 heterocycles. The van der Waals surface area contributed by atoms with Crippen molar-refractivity contribution < 1.29 is 14.1 Å². The lowest BCUT2D eigenvalue weighted by molar-refractivity contribution is 0.0704. The highest BCUT2D eigenvalue weighted by Gasteiger charge is 2.28. The van der Waals surface area contributed by atoms with Crippen molar-refractivity contribution in [3.05, 3.63) is 65.0 Å². The van der Waals surface area contributed by atoms with E-state index < -0.39 is 0 Å². The Labute approximate surface area is 187 Å². The Hall–Kier alpha value is -2.86. The maximum atomic E-state index is 12.9. The highest BCUT2D eigenvalue weighted by Crippen LogP contribution is 2.29. The van der Waals surface area contributed by atoms with Crippen molar-refractivity contribution in [2.45, 2.75) is 38.5 Å². The summed E-state index contributed by atoms with van der Waals surface area (Å²) >= 11 is 5.94. The zero-order valence-electron chi connectivity index (χ0n) is 17.6. The Morgan fingerprint density at radius 3 is 2.52 bits per heavy atom. The number of nitrogens with zero attached hydrogens (tertiary/aromatic N) is 3. The Balaban J connectivity index is 1.32. The second kappa shape index (κ2) is 9.96. The van der Waals surface area contributed by atoms with E-state index in [-0.39, 0.29) is 11.8 Å². The monoisotopic (exact) mass is 439 g/mol. The molecule has 0 atom stereocenters. The molecule has 1 amide bonds. The van der Waals surface area contributed by atoms with Gasteiger partial charge >= 0.3 is 0 Å². The number of benzene rings is 2. The molecule has 0 aliphatic carbocycles. The minimum absolute atomic E-state index is 0.0472. The summed E-state index contributed by atoms with van der Waals surface area (Å²) in [6.45, 7) is 4.16. The zero-order chi connectivity index (χ0) is 21.6. The molecule has 1 aliphatic heterocycles. The summed E-state index contributed by atoms with van der Waals surface area (Å²) in [7, 11) is 0. The van der Waals surface area contributed by atoms with E-state index in [1.54, 1.807) is 12.1 Å². The van der Waals surface area contributed by atoms with Gasteiger partial charge in [0.1, 0.15) is 5.75 Å². The van der Waals surface area contributed by atoms with Crippen molar-refractivity contribution in [1.29, 1.82) is 0 Å². The number of likely N-dealkylation sites (tertiary alicyclic amines) is 1. The first kappa shape index (κ1) is 21.4. The Bertz CT molecular complexity index is 994. The van der Waals surface area contributed by atoms with Crippen molar-refractivity contribution in [3.63, 3.8) is 0 Å². The number of halogens is 1. The highest BCUT2D eigenvalue weighted by atomic mass is 35.5. The number of unbranched alkanes of at least 4 members (excludes halogenated alkanes) is 1. The van der Waals surface area contributed by atoms with Gasteiger partial charge in [-0.05, 0) is 67.8 Å². The van der Waals surface area contributed by atoms with E-state index >= 15 is 0 Å². The van der Waals surface area contributed by atoms with Crippen LogP contribution in [0, 0.1) is 0 Å². The minimum Gasteiger partial charge on any atom is -0.494 e. The third-order valence-electron chi connectivity index (χ3n) is 5.54. The number of rotatable bonds is 7. The van der Waals surface area contributed by atoms with Crippen molar-refractivity contribution in [3.8, 4) is 17.1 Å². The van der Waals surface area contributed by atoms with E-state index in [2.05, 4.69) is 17.1 Å². The molecule has 0 bridgehead atoms. The summed E-state index contributed by atoms with van der Waals surface area (Å²) in [4.78, 5) is 19.3. The first-order valence-corrected chi connectivity index (χ1v) is 11.1. The molecule has 7 heteroatoms. The van der Waals surface area contributed by atoms with Gasteiger partial charge in [-0.25, -0.2) is 0 Å². The maximum absolute atomic E-state index is 12.9. The van der Waals surface area contributed by atoms with E-state index in [1.807, 2.05) is 41.3 Å². The quantitative estimate of drug-likeness (QED) is 0.449. The fourth-order valence-electron chi connectivity index (χ4n) is 3.66. The predicted octanol–water partition coefficient (Wildman–Crippen LogP) is 5.59. The number of aromatic nitrogens is 2. The smallest absolute Gasteiger partial charge is 0.253 e. The van der Waals surface area contributed by atoms with Crippen molar-refractivity contribution in [2.24, 2.45) is 0 Å². The van der Waals surface area contributed by atoms with Crippen molar-refractivity contribution in [2.75, 3.05) is 19.7 Å². The summed E-state index contributed by atoms with van der Waals surface area (Å²) in [5.74, 6) is 2.20. The second-order valence-electron chi connectivity index (χ2n) is 7.76. The van der Waals surface area contributed by atoms with Crippen LogP contribution in [0.4, 0.5) is 0 Å². The van der Waals surface area contributed by atoms with Crippen LogP contribution >= 0.6 is 11.6 Å². The number of piperidine rings is 1. The minimum atomic E-state index is 0.0472. The van der Waals surface area contributed by atoms with Gasteiger partial charge in [0, 0.05) is 35.2 Å². The van der Waals surface area contributed by atoms with E-state index in [0.717, 1.165) is 37.0 Å². The summed E-state index contributed by atoms with van der Waals surface area (Å²) < 4.78 is 11.2. The van der Waals surface area contributed by atoms with Gasteiger partial charge < -0.3 is 14.2 Å². The topological polar surface area (TPSA) is 68.5 Å². The van der Waals surface area contributed by atoms with Gasteiger partial charge in [-0.2, -0.15) is 4.98 Å². The average Bonchev–Trinajstić information content (AvgIpc) is 3.30. The molecular formula is C24H26ClN3O3. The molecule has 3 aromatic rings. The Morgan fingerprint density at radius 1 is 1.13 bits per heavy atom. The lowest BCUT2D eigenvalue weighted by atomic mass is 9.96. The summed E-state index contributed by atoms with van der Waals surface area (Å²) in [5, 5.41) is 4.78. The number of ether oxygens (including phenoxy) is 1. The third-order valence-corrected chi connectivity index (χ3v) is 5.80. The Kier molecular flexibility index (Phi) is 6.87. The van der Waals surface area contributed by atoms with Crippen molar-refractivity contribution >= 4 is 17.5 Å². The normalized spacial score (nSPS) is 14.6. The summed E-state index contributed by atoms with van der Waals surface area (Å²) in [5.41, 5.74) is 1.55. The van der Waals surface area contributed by atoms with Crippen LogP contribution in [0.3, 0.4) is 0 Å². The van der Waals surface area contributed by atoms with Crippen LogP contribution in [0.5, 0.6) is 5.75 Å². The SMILES string of the molecule is CCCCOc1ccc(C(=O)N2CCC(c3nc(-c4ccc(Cl)cc4)no3)CC2)cc1. The molecule has 0 saturated carbocycles. The van der Waals surface area contributed by atoms with Crippen LogP contribution in [-0.4, -0.2) is 40.6 Å². The first-order chi connectivity index (χ1) is 15.1. The third kappa shape index (κ3) is 5.25. The summed E-state index contributed by atoms with van der Waals surface area (Å²) in [6, 6.07) is 14.8. The Morgan fingerprint density at radius 2 is 1.84 bits per heavy atom. The van der Waals surface area contributed by atoms with E-state index in [1.165, 1.54) is 0 Å². The molecule has 1 aliphatic rings. The van der Waals surface area contributed by atoms with Gasteiger partial charge in [-0.15, -0.1) is 0 Å². The molecule has 2 aromatic carbocycles. The molecule has 1 saturated heterocycles. The van der Waals surface area contributed by atoms with Crippen LogP contribution in [0.15, 0.2) is 53.1 Å². The lowest BCUT2D eigenvalue weighted by Crippen LogP contribution is -2.38. The molecule has 4 rings (SSSR count). The zero-order valence-corrected chi connectivity index (χ0v) is 18.3. The molecule has 6 nitrogen and oxygen atoms in total. The van der Waals surface area contributed by atoms with Gasteiger partial charge in [0.25, 0.3) is 5.91 Å².